The Bertz CT molecular complexity index is 896. The summed E-state index contributed by atoms with van der Waals surface area (Å²) in [5.41, 5.74) is -0.165. The lowest BCUT2D eigenvalue weighted by Crippen LogP contribution is -2.15. The Morgan fingerprint density at radius 3 is 2.76 bits per heavy atom. The smallest absolute Gasteiger partial charge is 0.419 e. The number of anilines is 1. The van der Waals surface area contributed by atoms with Crippen LogP contribution in [-0.2, 0) is 13.2 Å². The van der Waals surface area contributed by atoms with Crippen LogP contribution in [0.1, 0.15) is 5.56 Å². The molecule has 0 unspecified atom stereocenters. The van der Waals surface area contributed by atoms with Crippen LogP contribution < -0.4 is 10.1 Å². The number of aromatic nitrogens is 4. The zero-order valence-electron chi connectivity index (χ0n) is 13.0. The van der Waals surface area contributed by atoms with E-state index in [0.717, 1.165) is 6.07 Å². The predicted molar refractivity (Wildman–Crippen MR) is 89.4 cm³/mol. The van der Waals surface area contributed by atoms with E-state index in [9.17, 15) is 13.2 Å². The van der Waals surface area contributed by atoms with Gasteiger partial charge in [-0.15, -0.1) is 0 Å². The summed E-state index contributed by atoms with van der Waals surface area (Å²) < 4.78 is 46.2. The minimum absolute atomic E-state index is 0.0382. The Labute approximate surface area is 149 Å². The molecule has 3 aromatic rings. The fourth-order valence-corrected chi connectivity index (χ4v) is 2.93. The number of para-hydroxylation sites is 1. The Morgan fingerprint density at radius 2 is 2.00 bits per heavy atom. The van der Waals surface area contributed by atoms with E-state index in [-0.39, 0.29) is 18.9 Å². The van der Waals surface area contributed by atoms with E-state index in [2.05, 4.69) is 36.3 Å². The molecule has 0 bridgehead atoms. The lowest BCUT2D eigenvalue weighted by Gasteiger charge is -2.14. The summed E-state index contributed by atoms with van der Waals surface area (Å²) in [7, 11) is 1.75. The molecule has 3 rings (SSSR count). The number of fused-ring (bicyclic) bond motifs is 1. The first-order chi connectivity index (χ1) is 11.9. The molecule has 0 aliphatic heterocycles. The first-order valence-corrected chi connectivity index (χ1v) is 8.03. The summed E-state index contributed by atoms with van der Waals surface area (Å²) in [6.07, 6.45) is -3.07. The fourth-order valence-electron chi connectivity index (χ4n) is 2.33. The van der Waals surface area contributed by atoms with E-state index < -0.39 is 11.7 Å². The predicted octanol–water partition coefficient (Wildman–Crippen LogP) is 3.64. The highest BCUT2D eigenvalue weighted by Crippen LogP contribution is 2.35. The van der Waals surface area contributed by atoms with Gasteiger partial charge in [0, 0.05) is 7.05 Å². The maximum Gasteiger partial charge on any atom is 0.419 e. The Kier molecular flexibility index (Phi) is 4.80. The molecule has 0 aliphatic carbocycles. The third kappa shape index (κ3) is 3.68. The van der Waals surface area contributed by atoms with Crippen molar-refractivity contribution in [3.8, 4) is 5.75 Å². The molecule has 2 aromatic heterocycles. The standard InChI is InChI=1S/C15H13BrF3N5O/c1-24-14-11(12(16)23-24)13(21-8-22-14)20-6-7-25-10-5-3-2-4-9(10)15(17,18)19/h2-5,8H,6-7H2,1H3,(H,20,21,22). The molecule has 0 saturated heterocycles. The van der Waals surface area contributed by atoms with Gasteiger partial charge in [-0.2, -0.15) is 18.3 Å². The number of nitrogens with zero attached hydrogens (tertiary/aromatic N) is 4. The van der Waals surface area contributed by atoms with Crippen LogP contribution in [-0.4, -0.2) is 32.9 Å². The lowest BCUT2D eigenvalue weighted by molar-refractivity contribution is -0.138. The van der Waals surface area contributed by atoms with Crippen LogP contribution in [0.25, 0.3) is 11.0 Å². The molecule has 0 spiro atoms. The Hall–Kier alpha value is -2.36. The van der Waals surface area contributed by atoms with Crippen molar-refractivity contribution in [1.29, 1.82) is 0 Å². The van der Waals surface area contributed by atoms with Gasteiger partial charge in [0.05, 0.1) is 17.5 Å². The van der Waals surface area contributed by atoms with Gasteiger partial charge in [-0.1, -0.05) is 12.1 Å². The van der Waals surface area contributed by atoms with Crippen LogP contribution in [0.15, 0.2) is 35.2 Å². The van der Waals surface area contributed by atoms with Crippen molar-refractivity contribution >= 4 is 32.8 Å². The molecule has 10 heteroatoms. The fraction of sp³-hybridized carbons (Fsp3) is 0.267. The van der Waals surface area contributed by atoms with Crippen LogP contribution >= 0.6 is 15.9 Å². The van der Waals surface area contributed by atoms with Gasteiger partial charge in [0.2, 0.25) is 0 Å². The van der Waals surface area contributed by atoms with Crippen molar-refractivity contribution in [3.05, 3.63) is 40.8 Å². The number of halogens is 4. The molecule has 0 fully saturated rings. The second kappa shape index (κ2) is 6.87. The van der Waals surface area contributed by atoms with Crippen LogP contribution in [0, 0.1) is 0 Å². The van der Waals surface area contributed by atoms with Gasteiger partial charge in [-0.05, 0) is 28.1 Å². The van der Waals surface area contributed by atoms with Crippen molar-refractivity contribution in [3.63, 3.8) is 0 Å². The van der Waals surface area contributed by atoms with Gasteiger partial charge < -0.3 is 10.1 Å². The third-order valence-corrected chi connectivity index (χ3v) is 3.98. The van der Waals surface area contributed by atoms with Gasteiger partial charge >= 0.3 is 6.18 Å². The second-order valence-electron chi connectivity index (χ2n) is 5.10. The van der Waals surface area contributed by atoms with Crippen LogP contribution in [0.4, 0.5) is 19.0 Å². The van der Waals surface area contributed by atoms with Crippen molar-refractivity contribution in [2.75, 3.05) is 18.5 Å². The van der Waals surface area contributed by atoms with Gasteiger partial charge in [-0.3, -0.25) is 0 Å². The summed E-state index contributed by atoms with van der Waals surface area (Å²) in [4.78, 5) is 8.28. The van der Waals surface area contributed by atoms with Crippen molar-refractivity contribution in [2.24, 2.45) is 7.05 Å². The third-order valence-electron chi connectivity index (χ3n) is 3.42. The number of alkyl halides is 3. The van der Waals surface area contributed by atoms with E-state index in [4.69, 9.17) is 4.74 Å². The molecule has 1 N–H and O–H groups in total. The highest BCUT2D eigenvalue weighted by atomic mass is 79.9. The van der Waals surface area contributed by atoms with Crippen LogP contribution in [0.3, 0.4) is 0 Å². The number of rotatable bonds is 5. The van der Waals surface area contributed by atoms with Crippen LogP contribution in [0.2, 0.25) is 0 Å². The van der Waals surface area contributed by atoms with Crippen molar-refractivity contribution in [2.45, 2.75) is 6.18 Å². The quantitative estimate of drug-likeness (QED) is 0.644. The normalized spacial score (nSPS) is 11.7. The molecule has 0 amide bonds. The number of benzene rings is 1. The maximum atomic E-state index is 12.9. The molecular formula is C15H13BrF3N5O. The lowest BCUT2D eigenvalue weighted by atomic mass is 10.2. The molecule has 25 heavy (non-hydrogen) atoms. The average Bonchev–Trinajstić information content (AvgIpc) is 2.86. The van der Waals surface area contributed by atoms with E-state index in [1.807, 2.05) is 0 Å². The van der Waals surface area contributed by atoms with Crippen molar-refractivity contribution in [1.82, 2.24) is 19.7 Å². The zero-order chi connectivity index (χ0) is 18.0. The van der Waals surface area contributed by atoms with Gasteiger partial charge in [0.1, 0.15) is 29.1 Å². The summed E-state index contributed by atoms with van der Waals surface area (Å²) in [6.45, 7) is 0.302. The van der Waals surface area contributed by atoms with Crippen LogP contribution in [0.5, 0.6) is 5.75 Å². The highest BCUT2D eigenvalue weighted by Gasteiger charge is 2.33. The largest absolute Gasteiger partial charge is 0.491 e. The Balaban J connectivity index is 1.67. The molecule has 6 nitrogen and oxygen atoms in total. The molecule has 0 radical (unpaired) electrons. The number of nitrogens with one attached hydrogen (secondary N) is 1. The minimum atomic E-state index is -4.45. The molecule has 1 aromatic carbocycles. The molecule has 2 heterocycles. The molecule has 0 atom stereocenters. The minimum Gasteiger partial charge on any atom is -0.491 e. The summed E-state index contributed by atoms with van der Waals surface area (Å²) >= 11 is 3.34. The number of aryl methyl sites for hydroxylation is 1. The number of ether oxygens (including phenoxy) is 1. The van der Waals surface area contributed by atoms with E-state index in [0.29, 0.717) is 21.5 Å². The summed E-state index contributed by atoms with van der Waals surface area (Å²) in [5, 5.41) is 7.92. The van der Waals surface area contributed by atoms with E-state index in [1.54, 1.807) is 11.7 Å². The SMILES string of the molecule is Cn1nc(Br)c2c(NCCOc3ccccc3C(F)(F)F)ncnc21. The summed E-state index contributed by atoms with van der Waals surface area (Å²) in [6, 6.07) is 5.11. The summed E-state index contributed by atoms with van der Waals surface area (Å²) in [5.74, 6) is 0.324. The second-order valence-corrected chi connectivity index (χ2v) is 5.86. The van der Waals surface area contributed by atoms with E-state index >= 15 is 0 Å². The molecular weight excluding hydrogens is 403 g/mol. The first kappa shape index (κ1) is 17.5. The first-order valence-electron chi connectivity index (χ1n) is 7.24. The average molecular weight is 416 g/mol. The Morgan fingerprint density at radius 1 is 1.24 bits per heavy atom. The molecule has 0 saturated carbocycles. The highest BCUT2D eigenvalue weighted by molar-refractivity contribution is 9.10. The van der Waals surface area contributed by atoms with Gasteiger partial charge in [0.25, 0.3) is 0 Å². The number of hydrogen-bond acceptors (Lipinski definition) is 5. The van der Waals surface area contributed by atoms with Gasteiger partial charge in [0.15, 0.2) is 5.65 Å². The molecule has 0 aliphatic rings. The van der Waals surface area contributed by atoms with Crippen molar-refractivity contribution < 1.29 is 17.9 Å². The zero-order valence-corrected chi connectivity index (χ0v) is 14.6. The van der Waals surface area contributed by atoms with E-state index in [1.165, 1.54) is 24.5 Å². The monoisotopic (exact) mass is 415 g/mol. The molecule has 132 valence electrons. The number of hydrogen-bond donors (Lipinski definition) is 1. The maximum absolute atomic E-state index is 12.9. The topological polar surface area (TPSA) is 64.9 Å². The van der Waals surface area contributed by atoms with Gasteiger partial charge in [-0.25, -0.2) is 14.6 Å².